The predicted octanol–water partition coefficient (Wildman–Crippen LogP) is 5.46. The highest BCUT2D eigenvalue weighted by Crippen LogP contribution is 2.39. The van der Waals surface area contributed by atoms with Crippen LogP contribution in [0.15, 0.2) is 103 Å². The molecule has 0 radical (unpaired) electrons. The molecule has 3 aromatic rings. The Morgan fingerprint density at radius 2 is 1.49 bits per heavy atom. The van der Waals surface area contributed by atoms with Crippen LogP contribution in [0.4, 0.5) is 0 Å². The highest BCUT2D eigenvalue weighted by molar-refractivity contribution is 6.99. The molecule has 0 bridgehead atoms. The van der Waals surface area contributed by atoms with Gasteiger partial charge in [0.2, 0.25) is 0 Å². The van der Waals surface area contributed by atoms with Crippen LogP contribution in [-0.2, 0) is 23.4 Å². The van der Waals surface area contributed by atoms with E-state index in [2.05, 4.69) is 69.3 Å². The van der Waals surface area contributed by atoms with Crippen molar-refractivity contribution in [1.29, 1.82) is 0 Å². The van der Waals surface area contributed by atoms with Crippen LogP contribution in [0.25, 0.3) is 0 Å². The summed E-state index contributed by atoms with van der Waals surface area (Å²) < 4.78 is 24.4. The van der Waals surface area contributed by atoms with E-state index in [-0.39, 0.29) is 17.2 Å². The van der Waals surface area contributed by atoms with Crippen molar-refractivity contribution in [2.45, 2.75) is 63.4 Å². The molecule has 3 aromatic carbocycles. The molecule has 7 heteroatoms. The predicted molar refractivity (Wildman–Crippen MR) is 163 cm³/mol. The lowest BCUT2D eigenvalue weighted by molar-refractivity contribution is -0.134. The summed E-state index contributed by atoms with van der Waals surface area (Å²) in [5.41, 5.74) is 0.439. The fourth-order valence-corrected chi connectivity index (χ4v) is 10.3. The molecule has 6 nitrogen and oxygen atoms in total. The zero-order valence-electron chi connectivity index (χ0n) is 24.3. The molecule has 0 aliphatic carbocycles. The van der Waals surface area contributed by atoms with E-state index in [1.807, 2.05) is 18.2 Å². The van der Waals surface area contributed by atoms with Gasteiger partial charge in [-0.1, -0.05) is 99.6 Å². The molecule has 0 unspecified atom stereocenters. The lowest BCUT2D eigenvalue weighted by Gasteiger charge is -2.47. The van der Waals surface area contributed by atoms with Gasteiger partial charge < -0.3 is 18.6 Å². The first-order chi connectivity index (χ1) is 19.7. The number of benzene rings is 3. The quantitative estimate of drug-likeness (QED) is 0.183. The normalized spacial score (nSPS) is 18.5. The molecule has 1 aliphatic rings. The average Bonchev–Trinajstić information content (AvgIpc) is 2.99. The SMILES string of the molecule is COC(=O)/C=C/[C@H](C[C@@H]1OCCC[C@H]1O[Si](c1ccccc1)(c1ccccc1)C(C)(C)C)OC(=O)c1ccccc1. The van der Waals surface area contributed by atoms with E-state index in [1.54, 1.807) is 30.3 Å². The number of carbonyl (C=O) groups excluding carboxylic acids is 2. The summed E-state index contributed by atoms with van der Waals surface area (Å²) in [5.74, 6) is -0.985. The molecule has 41 heavy (non-hydrogen) atoms. The van der Waals surface area contributed by atoms with Gasteiger partial charge >= 0.3 is 11.9 Å². The molecule has 216 valence electrons. The molecule has 4 rings (SSSR count). The molecule has 1 aliphatic heterocycles. The molecular weight excluding hydrogens is 532 g/mol. The Hall–Kier alpha value is -3.52. The van der Waals surface area contributed by atoms with E-state index >= 15 is 0 Å². The number of hydrogen-bond acceptors (Lipinski definition) is 6. The van der Waals surface area contributed by atoms with Crippen LogP contribution in [-0.4, -0.2) is 52.3 Å². The van der Waals surface area contributed by atoms with Gasteiger partial charge in [-0.25, -0.2) is 9.59 Å². The van der Waals surface area contributed by atoms with Crippen LogP contribution in [0.5, 0.6) is 0 Å². The van der Waals surface area contributed by atoms with Gasteiger partial charge in [0, 0.05) is 19.1 Å². The minimum Gasteiger partial charge on any atom is -0.466 e. The Balaban J connectivity index is 1.68. The monoisotopic (exact) mass is 572 g/mol. The maximum Gasteiger partial charge on any atom is 0.338 e. The van der Waals surface area contributed by atoms with Crippen molar-refractivity contribution >= 4 is 30.6 Å². The smallest absolute Gasteiger partial charge is 0.338 e. The van der Waals surface area contributed by atoms with E-state index in [0.29, 0.717) is 18.6 Å². The number of carbonyl (C=O) groups is 2. The zero-order valence-corrected chi connectivity index (χ0v) is 25.3. The topological polar surface area (TPSA) is 71.1 Å². The van der Waals surface area contributed by atoms with E-state index in [9.17, 15) is 9.59 Å². The first kappa shape index (κ1) is 30.4. The second kappa shape index (κ2) is 13.9. The number of methoxy groups -OCH3 is 1. The molecule has 3 atom stereocenters. The summed E-state index contributed by atoms with van der Waals surface area (Å²) in [6.45, 7) is 7.34. The summed E-state index contributed by atoms with van der Waals surface area (Å²) in [6, 6.07) is 29.9. The molecule has 0 N–H and O–H groups in total. The van der Waals surface area contributed by atoms with Crippen molar-refractivity contribution in [2.75, 3.05) is 13.7 Å². The minimum atomic E-state index is -2.84. The van der Waals surface area contributed by atoms with Crippen molar-refractivity contribution in [3.63, 3.8) is 0 Å². The summed E-state index contributed by atoms with van der Waals surface area (Å²) in [5, 5.41) is 2.20. The van der Waals surface area contributed by atoms with Crippen LogP contribution >= 0.6 is 0 Å². The van der Waals surface area contributed by atoms with Gasteiger partial charge in [-0.05, 0) is 46.5 Å². The molecular formula is C34H40O6Si. The maximum atomic E-state index is 13.0. The summed E-state index contributed by atoms with van der Waals surface area (Å²) >= 11 is 0. The third kappa shape index (κ3) is 7.41. The lowest BCUT2D eigenvalue weighted by atomic mass is 10.00. The van der Waals surface area contributed by atoms with Crippen molar-refractivity contribution in [3.8, 4) is 0 Å². The molecule has 1 heterocycles. The fourth-order valence-electron chi connectivity index (χ4n) is 5.51. The second-order valence-corrected chi connectivity index (χ2v) is 15.6. The Labute approximate surface area is 244 Å². The summed E-state index contributed by atoms with van der Waals surface area (Å²) in [4.78, 5) is 24.9. The van der Waals surface area contributed by atoms with Crippen molar-refractivity contribution in [1.82, 2.24) is 0 Å². The third-order valence-electron chi connectivity index (χ3n) is 7.51. The van der Waals surface area contributed by atoms with Crippen LogP contribution in [0.1, 0.15) is 50.4 Å². The number of rotatable bonds is 10. The maximum absolute atomic E-state index is 13.0. The van der Waals surface area contributed by atoms with Gasteiger partial charge in [0.25, 0.3) is 8.32 Å². The van der Waals surface area contributed by atoms with E-state index in [0.717, 1.165) is 12.8 Å². The van der Waals surface area contributed by atoms with E-state index < -0.39 is 26.4 Å². The van der Waals surface area contributed by atoms with Crippen LogP contribution in [0.3, 0.4) is 0 Å². The van der Waals surface area contributed by atoms with Gasteiger partial charge in [-0.2, -0.15) is 0 Å². The van der Waals surface area contributed by atoms with E-state index in [1.165, 1.54) is 23.6 Å². The Bertz CT molecular complexity index is 1250. The van der Waals surface area contributed by atoms with Gasteiger partial charge in [-0.15, -0.1) is 0 Å². The molecule has 0 spiro atoms. The van der Waals surface area contributed by atoms with Gasteiger partial charge in [0.15, 0.2) is 0 Å². The van der Waals surface area contributed by atoms with E-state index in [4.69, 9.17) is 18.6 Å². The van der Waals surface area contributed by atoms with Crippen LogP contribution < -0.4 is 10.4 Å². The van der Waals surface area contributed by atoms with Crippen molar-refractivity contribution in [2.24, 2.45) is 0 Å². The summed E-state index contributed by atoms with van der Waals surface area (Å²) in [6.07, 6.45) is 3.60. The molecule has 1 fully saturated rings. The Kier molecular flexibility index (Phi) is 10.3. The number of ether oxygens (including phenoxy) is 3. The highest BCUT2D eigenvalue weighted by atomic mass is 28.4. The highest BCUT2D eigenvalue weighted by Gasteiger charge is 2.52. The molecule has 0 amide bonds. The minimum absolute atomic E-state index is 0.193. The van der Waals surface area contributed by atoms with Crippen LogP contribution in [0.2, 0.25) is 5.04 Å². The number of hydrogen-bond donors (Lipinski definition) is 0. The molecule has 0 saturated carbocycles. The largest absolute Gasteiger partial charge is 0.466 e. The Morgan fingerprint density at radius 3 is 2.02 bits per heavy atom. The third-order valence-corrected chi connectivity index (χ3v) is 12.6. The van der Waals surface area contributed by atoms with Crippen LogP contribution in [0, 0.1) is 0 Å². The first-order valence-corrected chi connectivity index (χ1v) is 16.1. The lowest BCUT2D eigenvalue weighted by Crippen LogP contribution is -2.68. The number of esters is 2. The first-order valence-electron chi connectivity index (χ1n) is 14.2. The summed E-state index contributed by atoms with van der Waals surface area (Å²) in [7, 11) is -1.52. The second-order valence-electron chi connectivity index (χ2n) is 11.3. The van der Waals surface area contributed by atoms with Gasteiger partial charge in [0.1, 0.15) is 6.10 Å². The standard InChI is InChI=1S/C34H40O6Si/c1-34(2,3)41(28-17-10-6-11-18-28,29-19-12-7-13-20-29)40-30-21-14-24-38-31(30)25-27(22-23-32(35)37-4)39-33(36)26-15-8-5-9-16-26/h5-13,15-20,22-23,27,30-31H,14,21,24-25H2,1-4H3/b23-22+/t27-,30-,31+/m1/s1. The van der Waals surface area contributed by atoms with Gasteiger partial charge in [0.05, 0.1) is 24.9 Å². The van der Waals surface area contributed by atoms with Crippen molar-refractivity contribution < 1.29 is 28.2 Å². The zero-order chi connectivity index (χ0) is 29.3. The molecule has 1 saturated heterocycles. The molecule has 0 aromatic heterocycles. The Morgan fingerprint density at radius 1 is 0.927 bits per heavy atom. The fraction of sp³-hybridized carbons (Fsp3) is 0.353. The van der Waals surface area contributed by atoms with Crippen molar-refractivity contribution in [3.05, 3.63) is 109 Å². The average molecular weight is 573 g/mol. The van der Waals surface area contributed by atoms with Gasteiger partial charge in [-0.3, -0.25) is 0 Å².